The highest BCUT2D eigenvalue weighted by atomic mass is 16.8. The first-order valence-corrected chi connectivity index (χ1v) is 24.8. The Morgan fingerprint density at radius 2 is 1.10 bits per heavy atom. The molecule has 0 saturated carbocycles. The largest absolute Gasteiger partial charge is 0.477 e. The van der Waals surface area contributed by atoms with Crippen molar-refractivity contribution in [3.05, 3.63) is 0 Å². The molecule has 5 aliphatic rings. The summed E-state index contributed by atoms with van der Waals surface area (Å²) >= 11 is 0. The van der Waals surface area contributed by atoms with E-state index in [2.05, 4.69) is 10.6 Å². The van der Waals surface area contributed by atoms with E-state index in [4.69, 9.17) is 47.4 Å². The molecule has 5 rings (SSSR count). The maximum atomic E-state index is 13.0. The van der Waals surface area contributed by atoms with E-state index in [1.165, 1.54) is 0 Å². The average Bonchev–Trinajstić information content (AvgIpc) is 3.43. The molecule has 24 N–H and O–H groups in total. The molecular formula is C43H74N2O35. The number of nitrogens with one attached hydrogen (secondary N) is 2. The Balaban J connectivity index is 1.45. The van der Waals surface area contributed by atoms with Gasteiger partial charge in [-0.3, -0.25) is 9.59 Å². The third kappa shape index (κ3) is 15.2. The van der Waals surface area contributed by atoms with Crippen LogP contribution < -0.4 is 10.6 Å². The zero-order valence-corrected chi connectivity index (χ0v) is 42.3. The van der Waals surface area contributed by atoms with Gasteiger partial charge in [-0.2, -0.15) is 0 Å². The van der Waals surface area contributed by atoms with Gasteiger partial charge in [0.05, 0.1) is 58.4 Å². The summed E-state index contributed by atoms with van der Waals surface area (Å²) in [6.07, 6.45) is -58.7. The van der Waals surface area contributed by atoms with Gasteiger partial charge in [-0.05, 0) is 0 Å². The first-order chi connectivity index (χ1) is 37.7. The first-order valence-electron chi connectivity index (χ1n) is 24.8. The smallest absolute Gasteiger partial charge is 0.364 e. The Hall–Kier alpha value is -2.83. The number of ether oxygens (including phenoxy) is 10. The van der Waals surface area contributed by atoms with Gasteiger partial charge in [0, 0.05) is 13.3 Å². The van der Waals surface area contributed by atoms with Gasteiger partial charge in [-0.1, -0.05) is 0 Å². The number of carbonyl (C=O) groups is 3. The van der Waals surface area contributed by atoms with E-state index < -0.39 is 260 Å². The quantitative estimate of drug-likeness (QED) is 0.0382. The standard InChI is InChI=1S/C43H74N2O35/c1-11(53)44-22-28(64)34(77-41-32(68)37(26(62)17(7-50)73-41)80-43(42(69)70)2-12(54)21(45-20(58)9-52)35(79-43)24(60)14(56)4-47)18(8-51)74-38(22)78-36-27(63)19(10-71-39-30(66)29(65)25(61)16(6-49)72-39)75-40(31(36)67)76-33(15(57)5-48)23(59)13(55)3-46/h12-19,21-41,46-52,54-57,59-68H,2-10H2,1H3,(H,44,53)(H,45,58)(H,69,70)/t12-,13-,14+,15+,16+,17+,18+,19+,21+,22+,23+,24+,25-,26-,27-,28+,29-,30+,31+,32+,33+,34+,35+,36-,37-,38-,39+,40-,41-,43-/m0/s1. The second-order valence-electron chi connectivity index (χ2n) is 19.5. The Labute approximate surface area is 451 Å². The van der Waals surface area contributed by atoms with Crippen molar-refractivity contribution in [2.45, 2.75) is 197 Å². The number of aliphatic hydroxyl groups excluding tert-OH is 21. The van der Waals surface area contributed by atoms with Gasteiger partial charge >= 0.3 is 5.97 Å². The van der Waals surface area contributed by atoms with E-state index in [-0.39, 0.29) is 0 Å². The van der Waals surface area contributed by atoms with E-state index in [0.29, 0.717) is 0 Å². The van der Waals surface area contributed by atoms with Crippen LogP contribution in [0.5, 0.6) is 0 Å². The molecule has 466 valence electrons. The van der Waals surface area contributed by atoms with Crippen LogP contribution in [-0.4, -0.2) is 366 Å². The summed E-state index contributed by atoms with van der Waals surface area (Å²) < 4.78 is 56.6. The van der Waals surface area contributed by atoms with Crippen molar-refractivity contribution >= 4 is 17.8 Å². The van der Waals surface area contributed by atoms with E-state index in [0.717, 1.165) is 6.92 Å². The van der Waals surface area contributed by atoms with Crippen molar-refractivity contribution in [3.63, 3.8) is 0 Å². The lowest BCUT2D eigenvalue weighted by Crippen LogP contribution is -2.71. The van der Waals surface area contributed by atoms with Crippen molar-refractivity contribution in [2.75, 3.05) is 52.9 Å². The molecule has 0 spiro atoms. The fraction of sp³-hybridized carbons (Fsp3) is 0.930. The van der Waals surface area contributed by atoms with E-state index in [1.54, 1.807) is 0 Å². The van der Waals surface area contributed by atoms with Crippen molar-refractivity contribution < 1.29 is 174 Å². The predicted molar refractivity (Wildman–Crippen MR) is 243 cm³/mol. The maximum Gasteiger partial charge on any atom is 0.364 e. The van der Waals surface area contributed by atoms with Crippen LogP contribution in [-0.2, 0) is 61.8 Å². The third-order valence-electron chi connectivity index (χ3n) is 13.9. The lowest BCUT2D eigenvalue weighted by Gasteiger charge is -2.51. The Kier molecular flexibility index (Phi) is 25.3. The van der Waals surface area contributed by atoms with Crippen LogP contribution >= 0.6 is 0 Å². The van der Waals surface area contributed by atoms with E-state index >= 15 is 0 Å². The minimum Gasteiger partial charge on any atom is -0.477 e. The van der Waals surface area contributed by atoms with Crippen molar-refractivity contribution in [2.24, 2.45) is 0 Å². The van der Waals surface area contributed by atoms with Gasteiger partial charge in [0.1, 0.15) is 147 Å². The van der Waals surface area contributed by atoms with Gasteiger partial charge in [0.15, 0.2) is 25.2 Å². The number of hydrogen-bond donors (Lipinski definition) is 24. The van der Waals surface area contributed by atoms with Gasteiger partial charge in [0.25, 0.3) is 5.79 Å². The first kappa shape index (κ1) is 68.0. The summed E-state index contributed by atoms with van der Waals surface area (Å²) in [6.45, 7) is -8.08. The van der Waals surface area contributed by atoms with Crippen LogP contribution in [0.2, 0.25) is 0 Å². The molecule has 0 aromatic rings. The maximum absolute atomic E-state index is 13.0. The van der Waals surface area contributed by atoms with Crippen molar-refractivity contribution in [3.8, 4) is 0 Å². The number of rotatable bonds is 26. The van der Waals surface area contributed by atoms with Gasteiger partial charge < -0.3 is 170 Å². The fourth-order valence-electron chi connectivity index (χ4n) is 9.51. The van der Waals surface area contributed by atoms with Crippen LogP contribution in [0, 0.1) is 0 Å². The van der Waals surface area contributed by atoms with Crippen LogP contribution in [0.3, 0.4) is 0 Å². The summed E-state index contributed by atoms with van der Waals surface area (Å²) in [4.78, 5) is 37.9. The number of aliphatic hydroxyl groups is 21. The molecule has 30 atom stereocenters. The van der Waals surface area contributed by atoms with E-state index in [9.17, 15) is 127 Å². The molecule has 0 radical (unpaired) electrons. The normalized spacial score (nSPS) is 43.0. The van der Waals surface area contributed by atoms with Crippen LogP contribution in [0.25, 0.3) is 0 Å². The van der Waals surface area contributed by atoms with Crippen molar-refractivity contribution in [1.29, 1.82) is 0 Å². The number of carbonyl (C=O) groups excluding carboxylic acids is 2. The number of aliphatic carboxylic acids is 1. The zero-order valence-electron chi connectivity index (χ0n) is 42.3. The molecule has 5 fully saturated rings. The highest BCUT2D eigenvalue weighted by molar-refractivity contribution is 5.78. The highest BCUT2D eigenvalue weighted by Gasteiger charge is 2.61. The number of amides is 2. The average molecular weight is 1180 g/mol. The lowest BCUT2D eigenvalue weighted by atomic mass is 9.88. The molecule has 0 aromatic carbocycles. The Morgan fingerprint density at radius 3 is 1.66 bits per heavy atom. The molecule has 0 aromatic heterocycles. The highest BCUT2D eigenvalue weighted by Crippen LogP contribution is 2.39. The predicted octanol–water partition coefficient (Wildman–Crippen LogP) is -16.0. The summed E-state index contributed by atoms with van der Waals surface area (Å²) in [6, 6.07) is -3.81. The molecule has 0 aliphatic carbocycles. The molecule has 2 amide bonds. The minimum absolute atomic E-state index is 0.902. The van der Waals surface area contributed by atoms with Crippen molar-refractivity contribution in [1.82, 2.24) is 10.6 Å². The molecular weight excluding hydrogens is 1100 g/mol. The van der Waals surface area contributed by atoms with Crippen LogP contribution in [0.15, 0.2) is 0 Å². The monoisotopic (exact) mass is 1180 g/mol. The van der Waals surface area contributed by atoms with Gasteiger partial charge in [-0.15, -0.1) is 0 Å². The van der Waals surface area contributed by atoms with Gasteiger partial charge in [0.2, 0.25) is 11.8 Å². The molecule has 5 heterocycles. The number of carboxylic acids is 1. The summed E-state index contributed by atoms with van der Waals surface area (Å²) in [5.74, 6) is -7.60. The molecule has 5 saturated heterocycles. The van der Waals surface area contributed by atoms with Gasteiger partial charge in [-0.25, -0.2) is 4.79 Å². The second kappa shape index (κ2) is 29.8. The molecule has 80 heavy (non-hydrogen) atoms. The minimum atomic E-state index is -3.29. The molecule has 0 unspecified atom stereocenters. The SMILES string of the molecule is CC(=O)N[C@H]1[C@H](O[C@H]2[C@@H](O)[C@@H](CO[C@@H]3O[C@H](CO)[C@H](O)[C@H](O)[C@H]3O)O[C@@H](O[C@@H]([C@H](O)[C@@H](O)CO)[C@H](O)CO)[C@@H]2O)O[C@H](CO)[C@@H](O[C@@H]2O[C@H](CO)[C@H](O)[C@H](O[C@]3(C(=O)O)C[C@H](O)[C@@H](NC(=O)CO)[C@H]([C@H](O)[C@H](O)CO)O3)[C@H]2O)[C@@H]1O. The Morgan fingerprint density at radius 1 is 0.562 bits per heavy atom. The Bertz CT molecular complexity index is 1940. The summed E-state index contributed by atoms with van der Waals surface area (Å²) in [5.41, 5.74) is 0. The molecule has 37 heteroatoms. The second-order valence-corrected chi connectivity index (χ2v) is 19.5. The fourth-order valence-corrected chi connectivity index (χ4v) is 9.51. The summed E-state index contributed by atoms with van der Waals surface area (Å²) in [5, 5.41) is 237. The molecule has 5 aliphatic heterocycles. The molecule has 0 bridgehead atoms. The van der Waals surface area contributed by atoms with Crippen LogP contribution in [0.4, 0.5) is 0 Å². The third-order valence-corrected chi connectivity index (χ3v) is 13.9. The zero-order chi connectivity index (χ0) is 59.8. The topological polar surface area (TPSA) is 613 Å². The number of carboxylic acid groups (broad SMARTS) is 1. The van der Waals surface area contributed by atoms with Crippen LogP contribution in [0.1, 0.15) is 13.3 Å². The molecule has 37 nitrogen and oxygen atoms in total. The summed E-state index contributed by atoms with van der Waals surface area (Å²) in [7, 11) is 0. The lowest BCUT2D eigenvalue weighted by molar-refractivity contribution is -0.389. The van der Waals surface area contributed by atoms with E-state index in [1.807, 2.05) is 0 Å². The number of hydrogen-bond acceptors (Lipinski definition) is 34.